The fraction of sp³-hybridized carbons (Fsp3) is 0.545. The molecule has 0 bridgehead atoms. The molecule has 2 aliphatic carbocycles. The van der Waals surface area contributed by atoms with Gasteiger partial charge in [-0.1, -0.05) is 50.5 Å². The first-order valence-corrected chi connectivity index (χ1v) is 17.0. The smallest absolute Gasteiger partial charge is 0.140 e. The van der Waals surface area contributed by atoms with Gasteiger partial charge in [0.25, 0.3) is 0 Å². The van der Waals surface area contributed by atoms with E-state index in [1.165, 1.54) is 16.8 Å². The number of halogens is 1. The second-order valence-electron chi connectivity index (χ2n) is 9.71. The Kier molecular flexibility index (Phi) is 5.12. The molecule has 142 valence electrons. The Hall–Kier alpha value is -1.14. The van der Waals surface area contributed by atoms with Gasteiger partial charge in [-0.3, -0.25) is 0 Å². The minimum absolute atomic E-state index is 0.120. The van der Waals surface area contributed by atoms with Crippen molar-refractivity contribution in [1.82, 2.24) is 0 Å². The van der Waals surface area contributed by atoms with E-state index in [0.29, 0.717) is 11.8 Å². The van der Waals surface area contributed by atoms with Crippen LogP contribution in [0.2, 0.25) is 26.2 Å². The number of benzene rings is 1. The molecule has 0 spiro atoms. The van der Waals surface area contributed by atoms with Crippen molar-refractivity contribution in [1.29, 1.82) is 0 Å². The van der Waals surface area contributed by atoms with Gasteiger partial charge in [-0.25, -0.2) is 4.39 Å². The second-order valence-corrected chi connectivity index (χ2v) is 24.5. The molecule has 0 amide bonds. The summed E-state index contributed by atoms with van der Waals surface area (Å²) in [7, 11) is -3.46. The van der Waals surface area contributed by atoms with Crippen LogP contribution in [0.15, 0.2) is 41.4 Å². The van der Waals surface area contributed by atoms with Gasteiger partial charge in [-0.05, 0) is 67.9 Å². The molecule has 4 heteroatoms. The SMILES string of the molecule is Cc1cc(C)cc(N[Si](C)(C)[Si](C)(C)C2=CC=C(F)C3CC(C)CC23)c1. The van der Waals surface area contributed by atoms with Crippen molar-refractivity contribution in [2.24, 2.45) is 17.8 Å². The summed E-state index contributed by atoms with van der Waals surface area (Å²) >= 11 is 0. The Balaban J connectivity index is 1.92. The van der Waals surface area contributed by atoms with Crippen LogP contribution in [0.5, 0.6) is 0 Å². The summed E-state index contributed by atoms with van der Waals surface area (Å²) < 4.78 is 14.4. The van der Waals surface area contributed by atoms with Crippen molar-refractivity contribution in [3.8, 4) is 0 Å². The molecule has 0 radical (unpaired) electrons. The van der Waals surface area contributed by atoms with Crippen LogP contribution >= 0.6 is 0 Å². The molecule has 3 rings (SSSR count). The number of anilines is 1. The molecular weight excluding hydrogens is 353 g/mol. The van der Waals surface area contributed by atoms with E-state index in [0.717, 1.165) is 12.8 Å². The number of fused-ring (bicyclic) bond motifs is 1. The van der Waals surface area contributed by atoms with Gasteiger partial charge < -0.3 is 4.98 Å². The molecule has 3 unspecified atom stereocenters. The molecular formula is C22H34FNSi2. The summed E-state index contributed by atoms with van der Waals surface area (Å²) in [4.78, 5) is 3.99. The number of hydrogen-bond acceptors (Lipinski definition) is 1. The van der Waals surface area contributed by atoms with Crippen LogP contribution in [0.4, 0.5) is 10.1 Å². The van der Waals surface area contributed by atoms with E-state index >= 15 is 0 Å². The van der Waals surface area contributed by atoms with Gasteiger partial charge in [0.05, 0.1) is 7.59 Å². The van der Waals surface area contributed by atoms with Crippen molar-refractivity contribution in [3.05, 3.63) is 52.5 Å². The summed E-state index contributed by atoms with van der Waals surface area (Å²) in [6, 6.07) is 6.76. The standard InChI is InChI=1S/C22H34FNSi2/c1-15-10-16(2)12-18(11-15)24-26(6,7)25(4,5)22-9-8-21(23)19-13-17(3)14-20(19)22/h8-12,17,19-20,24H,13-14H2,1-7H3. The number of allylic oxidation sites excluding steroid dienone is 4. The van der Waals surface area contributed by atoms with Gasteiger partial charge in [0, 0.05) is 11.6 Å². The average molecular weight is 388 g/mol. The largest absolute Gasteiger partial charge is 0.412 e. The molecule has 0 heterocycles. The monoisotopic (exact) mass is 387 g/mol. The highest BCUT2D eigenvalue weighted by molar-refractivity contribution is 7.44. The number of rotatable bonds is 4. The third kappa shape index (κ3) is 3.50. The summed E-state index contributed by atoms with van der Waals surface area (Å²) in [5.41, 5.74) is 3.88. The molecule has 2 aliphatic rings. The van der Waals surface area contributed by atoms with Crippen molar-refractivity contribution in [2.75, 3.05) is 4.98 Å². The van der Waals surface area contributed by atoms with Gasteiger partial charge in [0.1, 0.15) is 13.6 Å². The lowest BCUT2D eigenvalue weighted by atomic mass is 9.90. The van der Waals surface area contributed by atoms with E-state index in [-0.39, 0.29) is 11.7 Å². The Morgan fingerprint density at radius 2 is 1.50 bits per heavy atom. The van der Waals surface area contributed by atoms with E-state index in [4.69, 9.17) is 0 Å². The Morgan fingerprint density at radius 1 is 0.923 bits per heavy atom. The van der Waals surface area contributed by atoms with E-state index in [1.54, 1.807) is 11.3 Å². The maximum absolute atomic E-state index is 14.4. The summed E-state index contributed by atoms with van der Waals surface area (Å²) in [5, 5.41) is 1.60. The van der Waals surface area contributed by atoms with E-state index in [9.17, 15) is 4.39 Å². The highest BCUT2D eigenvalue weighted by Gasteiger charge is 2.50. The zero-order chi connectivity index (χ0) is 19.3. The van der Waals surface area contributed by atoms with Gasteiger partial charge in [-0.15, -0.1) is 0 Å². The van der Waals surface area contributed by atoms with Crippen LogP contribution in [-0.2, 0) is 0 Å². The molecule has 1 fully saturated rings. The summed E-state index contributed by atoms with van der Waals surface area (Å²) in [6.45, 7) is 16.6. The Bertz CT molecular complexity index is 743. The molecule has 1 nitrogen and oxygen atoms in total. The van der Waals surface area contributed by atoms with E-state index < -0.39 is 15.3 Å². The Labute approximate surface area is 160 Å². The zero-order valence-electron chi connectivity index (χ0n) is 17.4. The quantitative estimate of drug-likeness (QED) is 0.567. The fourth-order valence-corrected chi connectivity index (χ4v) is 12.9. The highest BCUT2D eigenvalue weighted by atomic mass is 29.3. The van der Waals surface area contributed by atoms with Gasteiger partial charge in [0.2, 0.25) is 0 Å². The zero-order valence-corrected chi connectivity index (χ0v) is 19.4. The average Bonchev–Trinajstić information content (AvgIpc) is 2.87. The molecule has 3 atom stereocenters. The van der Waals surface area contributed by atoms with Crippen LogP contribution in [-0.4, -0.2) is 15.3 Å². The van der Waals surface area contributed by atoms with Crippen molar-refractivity contribution >= 4 is 21.0 Å². The van der Waals surface area contributed by atoms with Crippen molar-refractivity contribution in [2.45, 2.75) is 59.8 Å². The third-order valence-corrected chi connectivity index (χ3v) is 23.6. The number of hydrogen-bond donors (Lipinski definition) is 1. The van der Waals surface area contributed by atoms with Crippen molar-refractivity contribution < 1.29 is 4.39 Å². The first-order valence-electron chi connectivity index (χ1n) is 9.95. The van der Waals surface area contributed by atoms with Crippen molar-refractivity contribution in [3.63, 3.8) is 0 Å². The first kappa shape index (κ1) is 19.6. The lowest BCUT2D eigenvalue weighted by molar-refractivity contribution is 0.407. The topological polar surface area (TPSA) is 12.0 Å². The maximum Gasteiger partial charge on any atom is 0.140 e. The van der Waals surface area contributed by atoms with Crippen LogP contribution in [0.1, 0.15) is 30.9 Å². The molecule has 26 heavy (non-hydrogen) atoms. The summed E-state index contributed by atoms with van der Waals surface area (Å²) in [5.74, 6) is 1.33. The van der Waals surface area contributed by atoms with Crippen LogP contribution < -0.4 is 4.98 Å². The molecule has 0 saturated heterocycles. The molecule has 0 aliphatic heterocycles. The molecule has 1 aromatic rings. The van der Waals surface area contributed by atoms with Crippen LogP contribution in [0.25, 0.3) is 0 Å². The summed E-state index contributed by atoms with van der Waals surface area (Å²) in [6.07, 6.45) is 6.12. The van der Waals surface area contributed by atoms with Gasteiger partial charge in [-0.2, -0.15) is 0 Å². The molecule has 1 N–H and O–H groups in total. The normalized spacial score (nSPS) is 26.2. The number of nitrogens with one attached hydrogen (secondary N) is 1. The van der Waals surface area contributed by atoms with Gasteiger partial charge in [0.15, 0.2) is 0 Å². The highest BCUT2D eigenvalue weighted by Crippen LogP contribution is 2.50. The lowest BCUT2D eigenvalue weighted by Gasteiger charge is -2.45. The van der Waals surface area contributed by atoms with Crippen LogP contribution in [0.3, 0.4) is 0 Å². The van der Waals surface area contributed by atoms with Crippen LogP contribution in [0, 0.1) is 31.6 Å². The van der Waals surface area contributed by atoms with Gasteiger partial charge >= 0.3 is 0 Å². The predicted octanol–water partition coefficient (Wildman–Crippen LogP) is 6.70. The minimum atomic E-state index is -1.74. The third-order valence-electron chi connectivity index (χ3n) is 6.94. The van der Waals surface area contributed by atoms with E-state index in [1.807, 2.05) is 0 Å². The number of aryl methyl sites for hydroxylation is 2. The Morgan fingerprint density at radius 3 is 2.12 bits per heavy atom. The minimum Gasteiger partial charge on any atom is -0.412 e. The molecule has 1 aromatic carbocycles. The van der Waals surface area contributed by atoms with E-state index in [2.05, 4.69) is 76.2 Å². The maximum atomic E-state index is 14.4. The molecule has 1 saturated carbocycles. The lowest BCUT2D eigenvalue weighted by Crippen LogP contribution is -2.63. The first-order chi connectivity index (χ1) is 12.0. The second kappa shape index (κ2) is 6.79. The predicted molar refractivity (Wildman–Crippen MR) is 117 cm³/mol. The fourth-order valence-electron chi connectivity index (χ4n) is 4.95. The molecule has 0 aromatic heterocycles.